The number of ether oxygens (including phenoxy) is 2. The summed E-state index contributed by atoms with van der Waals surface area (Å²) in [6, 6.07) is 12.7. The molecule has 4 rings (SSSR count). The van der Waals surface area contributed by atoms with E-state index < -0.39 is 5.91 Å². The van der Waals surface area contributed by atoms with Gasteiger partial charge < -0.3 is 14.5 Å². The highest BCUT2D eigenvalue weighted by atomic mass is 16.5. The Kier molecular flexibility index (Phi) is 4.65. The molecule has 2 heterocycles. The lowest BCUT2D eigenvalue weighted by Gasteiger charge is -2.10. The van der Waals surface area contributed by atoms with Gasteiger partial charge in [-0.05, 0) is 29.8 Å². The van der Waals surface area contributed by atoms with Crippen molar-refractivity contribution in [2.75, 3.05) is 13.2 Å². The van der Waals surface area contributed by atoms with Gasteiger partial charge >= 0.3 is 0 Å². The number of rotatable bonds is 3. The number of carbonyl (C=O) groups excluding carboxylic acids is 2. The van der Waals surface area contributed by atoms with E-state index >= 15 is 0 Å². The van der Waals surface area contributed by atoms with E-state index in [-0.39, 0.29) is 12.3 Å². The summed E-state index contributed by atoms with van der Waals surface area (Å²) in [5, 5.41) is 0.988. The lowest BCUT2D eigenvalue weighted by Crippen LogP contribution is -2.42. The second-order valence-corrected chi connectivity index (χ2v) is 6.25. The molecule has 0 saturated heterocycles. The summed E-state index contributed by atoms with van der Waals surface area (Å²) < 4.78 is 11.1. The van der Waals surface area contributed by atoms with Crippen LogP contribution in [-0.2, 0) is 11.2 Å². The van der Waals surface area contributed by atoms with Gasteiger partial charge in [-0.1, -0.05) is 18.2 Å². The van der Waals surface area contributed by atoms with Crippen LogP contribution < -0.4 is 20.3 Å². The Morgan fingerprint density at radius 1 is 1.00 bits per heavy atom. The smallest absolute Gasteiger partial charge is 0.269 e. The second kappa shape index (κ2) is 7.41. The van der Waals surface area contributed by atoms with Gasteiger partial charge in [-0.15, -0.1) is 0 Å². The molecule has 0 unspecified atom stereocenters. The summed E-state index contributed by atoms with van der Waals surface area (Å²) in [6.07, 6.45) is 2.75. The molecule has 3 aromatic rings. The number of carbonyl (C=O) groups is 2. The molecule has 0 bridgehead atoms. The van der Waals surface area contributed by atoms with Crippen LogP contribution in [-0.4, -0.2) is 30.0 Å². The van der Waals surface area contributed by atoms with E-state index in [2.05, 4.69) is 15.8 Å². The Bertz CT molecular complexity index is 996. The average Bonchev–Trinajstić information content (AvgIpc) is 2.94. The van der Waals surface area contributed by atoms with E-state index in [1.165, 1.54) is 0 Å². The zero-order valence-corrected chi connectivity index (χ0v) is 14.6. The molecule has 1 aromatic heterocycles. The predicted molar refractivity (Wildman–Crippen MR) is 99.7 cm³/mol. The first-order chi connectivity index (χ1) is 13.2. The minimum Gasteiger partial charge on any atom is -0.490 e. The molecular weight excluding hydrogens is 346 g/mol. The van der Waals surface area contributed by atoms with Crippen LogP contribution in [0.25, 0.3) is 10.9 Å². The van der Waals surface area contributed by atoms with Crippen molar-refractivity contribution in [2.45, 2.75) is 12.8 Å². The van der Waals surface area contributed by atoms with Crippen molar-refractivity contribution in [1.29, 1.82) is 0 Å². The molecule has 0 radical (unpaired) electrons. The first kappa shape index (κ1) is 17.0. The molecule has 0 aliphatic carbocycles. The third-order valence-corrected chi connectivity index (χ3v) is 4.35. The summed E-state index contributed by atoms with van der Waals surface area (Å²) in [6.45, 7) is 1.13. The molecule has 2 amide bonds. The third kappa shape index (κ3) is 3.72. The van der Waals surface area contributed by atoms with E-state index in [0.29, 0.717) is 30.3 Å². The van der Waals surface area contributed by atoms with Crippen LogP contribution in [0.4, 0.5) is 0 Å². The van der Waals surface area contributed by atoms with Gasteiger partial charge in [-0.3, -0.25) is 20.4 Å². The summed E-state index contributed by atoms with van der Waals surface area (Å²) in [5.41, 5.74) is 7.11. The standard InChI is InChI=1S/C20H19N3O4/c24-19(11-14-12-21-16-5-2-1-4-15(14)16)22-23-20(25)13-6-7-17-18(10-13)27-9-3-8-26-17/h1-2,4-7,10,12,21H,3,8-9,11H2,(H,22,24)(H,23,25). The molecule has 0 spiro atoms. The first-order valence-electron chi connectivity index (χ1n) is 8.74. The minimum absolute atomic E-state index is 0.158. The number of para-hydroxylation sites is 1. The summed E-state index contributed by atoms with van der Waals surface area (Å²) in [5.74, 6) is 0.429. The van der Waals surface area contributed by atoms with E-state index in [0.717, 1.165) is 22.9 Å². The van der Waals surface area contributed by atoms with Crippen LogP contribution in [0.15, 0.2) is 48.7 Å². The molecule has 3 N–H and O–H groups in total. The number of benzene rings is 2. The van der Waals surface area contributed by atoms with Gasteiger partial charge in [0.1, 0.15) is 0 Å². The fraction of sp³-hybridized carbons (Fsp3) is 0.200. The van der Waals surface area contributed by atoms with Crippen molar-refractivity contribution in [3.8, 4) is 11.5 Å². The van der Waals surface area contributed by atoms with Gasteiger partial charge in [-0.2, -0.15) is 0 Å². The zero-order valence-electron chi connectivity index (χ0n) is 14.6. The van der Waals surface area contributed by atoms with Crippen molar-refractivity contribution in [2.24, 2.45) is 0 Å². The third-order valence-electron chi connectivity index (χ3n) is 4.35. The highest BCUT2D eigenvalue weighted by molar-refractivity contribution is 5.96. The Labute approximate surface area is 155 Å². The van der Waals surface area contributed by atoms with Crippen LogP contribution in [0.3, 0.4) is 0 Å². The van der Waals surface area contributed by atoms with Crippen LogP contribution in [0.2, 0.25) is 0 Å². The van der Waals surface area contributed by atoms with Gasteiger partial charge in [-0.25, -0.2) is 0 Å². The number of H-pyrrole nitrogens is 1. The fourth-order valence-electron chi connectivity index (χ4n) is 3.00. The van der Waals surface area contributed by atoms with Gasteiger partial charge in [0.15, 0.2) is 11.5 Å². The monoisotopic (exact) mass is 365 g/mol. The highest BCUT2D eigenvalue weighted by Gasteiger charge is 2.15. The molecule has 2 aromatic carbocycles. The van der Waals surface area contributed by atoms with Gasteiger partial charge in [0.05, 0.1) is 19.6 Å². The maximum absolute atomic E-state index is 12.3. The Morgan fingerprint density at radius 3 is 2.70 bits per heavy atom. The molecule has 1 aliphatic rings. The molecule has 0 fully saturated rings. The van der Waals surface area contributed by atoms with Gasteiger partial charge in [0.2, 0.25) is 5.91 Å². The van der Waals surface area contributed by atoms with Crippen LogP contribution in [0.5, 0.6) is 11.5 Å². The quantitative estimate of drug-likeness (QED) is 0.621. The number of aromatic amines is 1. The van der Waals surface area contributed by atoms with Crippen LogP contribution >= 0.6 is 0 Å². The van der Waals surface area contributed by atoms with Crippen molar-refractivity contribution < 1.29 is 19.1 Å². The lowest BCUT2D eigenvalue weighted by atomic mass is 10.1. The predicted octanol–water partition coefficient (Wildman–Crippen LogP) is 2.33. The average molecular weight is 365 g/mol. The number of hydrogen-bond donors (Lipinski definition) is 3. The molecule has 7 heteroatoms. The van der Waals surface area contributed by atoms with Crippen LogP contribution in [0.1, 0.15) is 22.3 Å². The summed E-state index contributed by atoms with van der Waals surface area (Å²) in [7, 11) is 0. The largest absolute Gasteiger partial charge is 0.490 e. The second-order valence-electron chi connectivity index (χ2n) is 6.25. The number of hydrazine groups is 1. The van der Waals surface area contributed by atoms with Crippen molar-refractivity contribution in [3.63, 3.8) is 0 Å². The van der Waals surface area contributed by atoms with Crippen molar-refractivity contribution in [1.82, 2.24) is 15.8 Å². The van der Waals surface area contributed by atoms with Gasteiger partial charge in [0.25, 0.3) is 5.91 Å². The maximum atomic E-state index is 12.3. The number of amides is 2. The topological polar surface area (TPSA) is 92.5 Å². The summed E-state index contributed by atoms with van der Waals surface area (Å²) >= 11 is 0. The minimum atomic E-state index is -0.419. The van der Waals surface area contributed by atoms with Gasteiger partial charge in [0, 0.05) is 29.1 Å². The van der Waals surface area contributed by atoms with E-state index in [1.54, 1.807) is 24.4 Å². The lowest BCUT2D eigenvalue weighted by molar-refractivity contribution is -0.121. The number of nitrogens with one attached hydrogen (secondary N) is 3. The summed E-state index contributed by atoms with van der Waals surface area (Å²) in [4.78, 5) is 27.6. The molecule has 0 atom stereocenters. The Morgan fingerprint density at radius 2 is 1.81 bits per heavy atom. The highest BCUT2D eigenvalue weighted by Crippen LogP contribution is 2.30. The molecular formula is C20H19N3O4. The SMILES string of the molecule is O=C(Cc1c[nH]c2ccccc12)NNC(=O)c1ccc2c(c1)OCCCO2. The fourth-order valence-corrected chi connectivity index (χ4v) is 3.00. The number of fused-ring (bicyclic) bond motifs is 2. The van der Waals surface area contributed by atoms with Crippen molar-refractivity contribution in [3.05, 3.63) is 59.8 Å². The van der Waals surface area contributed by atoms with E-state index in [9.17, 15) is 9.59 Å². The Hall–Kier alpha value is -3.48. The van der Waals surface area contributed by atoms with E-state index in [4.69, 9.17) is 9.47 Å². The molecule has 1 aliphatic heterocycles. The van der Waals surface area contributed by atoms with Crippen LogP contribution in [0, 0.1) is 0 Å². The molecule has 0 saturated carbocycles. The number of hydrogen-bond acceptors (Lipinski definition) is 4. The first-order valence-corrected chi connectivity index (χ1v) is 8.74. The van der Waals surface area contributed by atoms with Crippen molar-refractivity contribution >= 4 is 22.7 Å². The molecule has 27 heavy (non-hydrogen) atoms. The molecule has 7 nitrogen and oxygen atoms in total. The Balaban J connectivity index is 1.37. The number of aromatic nitrogens is 1. The maximum Gasteiger partial charge on any atom is 0.269 e. The normalized spacial score (nSPS) is 13.0. The molecule has 138 valence electrons. The van der Waals surface area contributed by atoms with E-state index in [1.807, 2.05) is 24.3 Å². The zero-order chi connectivity index (χ0) is 18.6.